The van der Waals surface area contributed by atoms with Gasteiger partial charge in [0.2, 0.25) is 0 Å². The Kier molecular flexibility index (Phi) is 3.53. The van der Waals surface area contributed by atoms with Crippen molar-refractivity contribution in [2.45, 2.75) is 32.4 Å². The minimum atomic E-state index is -1.11. The lowest BCUT2D eigenvalue weighted by molar-refractivity contribution is -0.113. The summed E-state index contributed by atoms with van der Waals surface area (Å²) < 4.78 is 0. The molecule has 0 spiro atoms. The molecule has 0 aliphatic carbocycles. The highest BCUT2D eigenvalue weighted by Crippen LogP contribution is 2.31. The summed E-state index contributed by atoms with van der Waals surface area (Å²) in [6, 6.07) is 6.69. The quantitative estimate of drug-likeness (QED) is 0.844. The Morgan fingerprint density at radius 3 is 2.55 bits per heavy atom. The maximum atomic E-state index is 11.5. The molecule has 0 aliphatic rings. The van der Waals surface area contributed by atoms with Gasteiger partial charge in [-0.15, -0.1) is 0 Å². The van der Waals surface area contributed by atoms with Gasteiger partial charge >= 0.3 is 6.09 Å². The molecule has 0 aliphatic heterocycles. The Balaban J connectivity index is 2.56. The maximum absolute atomic E-state index is 11.5. The number of hydrogen-bond donors (Lipinski definition) is 2. The first-order chi connectivity index (χ1) is 9.36. The highest BCUT2D eigenvalue weighted by molar-refractivity contribution is 5.87. The third kappa shape index (κ3) is 2.39. The number of para-hydroxylation sites is 1. The Morgan fingerprint density at radius 2 is 2.00 bits per heavy atom. The second kappa shape index (κ2) is 5.00. The maximum Gasteiger partial charge on any atom is 0.408 e. The number of nitrogens with zero attached hydrogens (tertiary/aromatic N) is 1. The van der Waals surface area contributed by atoms with E-state index >= 15 is 0 Å². The number of nitrogens with one attached hydrogen (secondary N) is 1. The normalized spacial score (nSPS) is 13.2. The third-order valence-electron chi connectivity index (χ3n) is 3.28. The predicted octanol–water partition coefficient (Wildman–Crippen LogP) is 3.19. The monoisotopic (exact) mass is 274 g/mol. The molecule has 0 bridgehead atoms. The molecule has 1 unspecified atom stereocenters. The smallest absolute Gasteiger partial charge is 0.408 e. The fraction of sp³-hybridized carbons (Fsp3) is 0.333. The van der Waals surface area contributed by atoms with Crippen LogP contribution in [0.4, 0.5) is 4.79 Å². The number of amides is 1. The van der Waals surface area contributed by atoms with Crippen LogP contribution in [0.25, 0.3) is 10.9 Å². The van der Waals surface area contributed by atoms with Crippen molar-refractivity contribution in [3.05, 3.63) is 36.0 Å². The van der Waals surface area contributed by atoms with Crippen molar-refractivity contribution in [3.8, 4) is 0 Å². The summed E-state index contributed by atoms with van der Waals surface area (Å²) in [5, 5.41) is 10.3. The SMILES string of the molecule is CC(C)(C)N(C(=O)O)C(C=O)c1c[nH]c2ccccc12. The molecule has 0 saturated heterocycles. The number of fused-ring (bicyclic) bond motifs is 1. The van der Waals surface area contributed by atoms with E-state index in [-0.39, 0.29) is 0 Å². The molecule has 0 fully saturated rings. The molecule has 20 heavy (non-hydrogen) atoms. The number of H-pyrrole nitrogens is 1. The Bertz CT molecular complexity index is 640. The van der Waals surface area contributed by atoms with Crippen LogP contribution in [0, 0.1) is 0 Å². The molecule has 5 heteroatoms. The van der Waals surface area contributed by atoms with Crippen molar-refractivity contribution in [2.75, 3.05) is 0 Å². The van der Waals surface area contributed by atoms with Crippen LogP contribution in [0.15, 0.2) is 30.5 Å². The second-order valence-electron chi connectivity index (χ2n) is 5.69. The van der Waals surface area contributed by atoms with Gasteiger partial charge in [-0.25, -0.2) is 4.79 Å². The Morgan fingerprint density at radius 1 is 1.35 bits per heavy atom. The van der Waals surface area contributed by atoms with Gasteiger partial charge in [0.25, 0.3) is 0 Å². The molecule has 1 heterocycles. The van der Waals surface area contributed by atoms with E-state index in [0.717, 1.165) is 10.9 Å². The van der Waals surface area contributed by atoms with Crippen molar-refractivity contribution in [2.24, 2.45) is 0 Å². The summed E-state index contributed by atoms with van der Waals surface area (Å²) in [7, 11) is 0. The minimum Gasteiger partial charge on any atom is -0.465 e. The lowest BCUT2D eigenvalue weighted by Gasteiger charge is -2.37. The minimum absolute atomic E-state index is 0.671. The van der Waals surface area contributed by atoms with Gasteiger partial charge in [0.15, 0.2) is 0 Å². The van der Waals surface area contributed by atoms with E-state index < -0.39 is 17.7 Å². The van der Waals surface area contributed by atoms with E-state index in [1.54, 1.807) is 27.0 Å². The van der Waals surface area contributed by atoms with Crippen molar-refractivity contribution >= 4 is 23.3 Å². The average Bonchev–Trinajstić information content (AvgIpc) is 2.77. The van der Waals surface area contributed by atoms with Gasteiger partial charge < -0.3 is 14.9 Å². The molecule has 1 atom stereocenters. The first kappa shape index (κ1) is 14.1. The second-order valence-corrected chi connectivity index (χ2v) is 5.69. The summed E-state index contributed by atoms with van der Waals surface area (Å²) in [4.78, 5) is 27.3. The van der Waals surface area contributed by atoms with Gasteiger partial charge in [-0.3, -0.25) is 4.90 Å². The molecular formula is C15H18N2O3. The van der Waals surface area contributed by atoms with Gasteiger partial charge in [0.1, 0.15) is 12.3 Å². The highest BCUT2D eigenvalue weighted by atomic mass is 16.4. The lowest BCUT2D eigenvalue weighted by Crippen LogP contribution is -2.47. The number of benzene rings is 1. The number of rotatable bonds is 3. The van der Waals surface area contributed by atoms with Gasteiger partial charge in [-0.1, -0.05) is 18.2 Å². The van der Waals surface area contributed by atoms with E-state index in [1.807, 2.05) is 24.3 Å². The number of hydrogen-bond acceptors (Lipinski definition) is 2. The van der Waals surface area contributed by atoms with Gasteiger partial charge in [0, 0.05) is 28.2 Å². The fourth-order valence-electron chi connectivity index (χ4n) is 2.44. The van der Waals surface area contributed by atoms with Crippen LogP contribution < -0.4 is 0 Å². The third-order valence-corrected chi connectivity index (χ3v) is 3.28. The largest absolute Gasteiger partial charge is 0.465 e. The van der Waals surface area contributed by atoms with Crippen LogP contribution in [0.2, 0.25) is 0 Å². The van der Waals surface area contributed by atoms with Crippen LogP contribution in [0.1, 0.15) is 32.4 Å². The summed E-state index contributed by atoms with van der Waals surface area (Å²) in [6.45, 7) is 5.31. The summed E-state index contributed by atoms with van der Waals surface area (Å²) in [5.74, 6) is 0. The van der Waals surface area contributed by atoms with Crippen molar-refractivity contribution < 1.29 is 14.7 Å². The first-order valence-electron chi connectivity index (χ1n) is 6.40. The first-order valence-corrected chi connectivity index (χ1v) is 6.40. The molecule has 106 valence electrons. The van der Waals surface area contributed by atoms with Crippen molar-refractivity contribution in [3.63, 3.8) is 0 Å². The average molecular weight is 274 g/mol. The van der Waals surface area contributed by atoms with E-state index in [2.05, 4.69) is 4.98 Å². The lowest BCUT2D eigenvalue weighted by atomic mass is 9.99. The molecule has 2 N–H and O–H groups in total. The molecule has 0 saturated carbocycles. The zero-order chi connectivity index (χ0) is 14.9. The van der Waals surface area contributed by atoms with E-state index in [0.29, 0.717) is 11.8 Å². The predicted molar refractivity (Wildman–Crippen MR) is 76.7 cm³/mol. The molecule has 1 amide bonds. The Labute approximate surface area is 117 Å². The number of aromatic nitrogens is 1. The molecule has 1 aromatic carbocycles. The van der Waals surface area contributed by atoms with Crippen LogP contribution >= 0.6 is 0 Å². The molecular weight excluding hydrogens is 256 g/mol. The van der Waals surface area contributed by atoms with Gasteiger partial charge in [-0.2, -0.15) is 0 Å². The van der Waals surface area contributed by atoms with Crippen LogP contribution in [0.5, 0.6) is 0 Å². The van der Waals surface area contributed by atoms with Crippen LogP contribution in [-0.2, 0) is 4.79 Å². The standard InChI is InChI=1S/C15H18N2O3/c1-15(2,3)17(14(19)20)13(9-18)11-8-16-12-7-5-4-6-10(11)12/h4-9,13,16H,1-3H3,(H,19,20). The number of carbonyl (C=O) groups excluding carboxylic acids is 1. The number of carboxylic acid groups (broad SMARTS) is 1. The fourth-order valence-corrected chi connectivity index (χ4v) is 2.44. The summed E-state index contributed by atoms with van der Waals surface area (Å²) >= 11 is 0. The molecule has 1 aromatic heterocycles. The van der Waals surface area contributed by atoms with Crippen molar-refractivity contribution in [1.82, 2.24) is 9.88 Å². The molecule has 5 nitrogen and oxygen atoms in total. The van der Waals surface area contributed by atoms with Crippen molar-refractivity contribution in [1.29, 1.82) is 0 Å². The number of aldehydes is 1. The number of carbonyl (C=O) groups is 2. The van der Waals surface area contributed by atoms with E-state index in [1.165, 1.54) is 4.90 Å². The molecule has 2 rings (SSSR count). The Hall–Kier alpha value is -2.30. The van der Waals surface area contributed by atoms with Gasteiger partial charge in [0.05, 0.1) is 0 Å². The summed E-state index contributed by atoms with van der Waals surface area (Å²) in [5.41, 5.74) is 0.886. The zero-order valence-electron chi connectivity index (χ0n) is 11.8. The number of aromatic amines is 1. The highest BCUT2D eigenvalue weighted by Gasteiger charge is 2.35. The molecule has 0 radical (unpaired) electrons. The van der Waals surface area contributed by atoms with Crippen LogP contribution in [0.3, 0.4) is 0 Å². The topological polar surface area (TPSA) is 73.4 Å². The van der Waals surface area contributed by atoms with E-state index in [4.69, 9.17) is 0 Å². The zero-order valence-corrected chi connectivity index (χ0v) is 11.8. The van der Waals surface area contributed by atoms with E-state index in [9.17, 15) is 14.7 Å². The van der Waals surface area contributed by atoms with Crippen LogP contribution in [-0.4, -0.2) is 32.9 Å². The summed E-state index contributed by atoms with van der Waals surface area (Å²) in [6.07, 6.45) is 1.26. The van der Waals surface area contributed by atoms with Gasteiger partial charge in [-0.05, 0) is 26.8 Å². The molecule has 2 aromatic rings.